The van der Waals surface area contributed by atoms with Gasteiger partial charge in [0.15, 0.2) is 6.61 Å². The number of ether oxygens (including phenoxy) is 2. The molecule has 0 spiro atoms. The summed E-state index contributed by atoms with van der Waals surface area (Å²) in [6.45, 7) is -0.580. The fraction of sp³-hybridized carbons (Fsp3) is 0.111. The summed E-state index contributed by atoms with van der Waals surface area (Å²) in [6.07, 6.45) is 3.03. The van der Waals surface area contributed by atoms with Crippen LogP contribution in [-0.4, -0.2) is 40.5 Å². The second-order valence-electron chi connectivity index (χ2n) is 5.53. The maximum Gasteiger partial charge on any atom is 0.338 e. The first-order valence-electron chi connectivity index (χ1n) is 7.98. The van der Waals surface area contributed by atoms with Crippen LogP contribution in [0.1, 0.15) is 10.4 Å². The molecular formula is C18H14N4O6. The smallest absolute Gasteiger partial charge is 0.338 e. The molecule has 0 aliphatic rings. The fourth-order valence-corrected chi connectivity index (χ4v) is 2.40. The Labute approximate surface area is 158 Å². The molecule has 0 atom stereocenters. The normalized spacial score (nSPS) is 10.3. The molecule has 0 unspecified atom stereocenters. The van der Waals surface area contributed by atoms with Crippen LogP contribution in [0.2, 0.25) is 0 Å². The predicted octanol–water partition coefficient (Wildman–Crippen LogP) is 2.34. The van der Waals surface area contributed by atoms with Crippen molar-refractivity contribution in [2.24, 2.45) is 0 Å². The van der Waals surface area contributed by atoms with E-state index in [0.717, 1.165) is 6.07 Å². The third kappa shape index (κ3) is 4.18. The number of carbonyl (C=O) groups is 2. The Kier molecular flexibility index (Phi) is 5.40. The van der Waals surface area contributed by atoms with Crippen molar-refractivity contribution in [2.75, 3.05) is 19.0 Å². The van der Waals surface area contributed by atoms with E-state index in [0.29, 0.717) is 11.0 Å². The number of amides is 1. The number of esters is 1. The molecule has 3 aromatic rings. The summed E-state index contributed by atoms with van der Waals surface area (Å²) >= 11 is 0. The van der Waals surface area contributed by atoms with Crippen molar-refractivity contribution in [1.82, 2.24) is 9.97 Å². The molecule has 2 aromatic carbocycles. The third-order valence-electron chi connectivity index (χ3n) is 3.71. The number of rotatable bonds is 6. The van der Waals surface area contributed by atoms with Gasteiger partial charge in [-0.25, -0.2) is 4.79 Å². The minimum absolute atomic E-state index is 0.0960. The van der Waals surface area contributed by atoms with Crippen LogP contribution in [0.4, 0.5) is 11.4 Å². The zero-order valence-corrected chi connectivity index (χ0v) is 14.6. The Hall–Kier alpha value is -4.08. The summed E-state index contributed by atoms with van der Waals surface area (Å²) < 4.78 is 10.0. The molecule has 3 rings (SSSR count). The van der Waals surface area contributed by atoms with Crippen molar-refractivity contribution in [3.05, 3.63) is 64.5 Å². The molecule has 1 N–H and O–H groups in total. The van der Waals surface area contributed by atoms with Gasteiger partial charge in [-0.3, -0.25) is 24.9 Å². The number of aromatic nitrogens is 2. The summed E-state index contributed by atoms with van der Waals surface area (Å²) in [5.41, 5.74) is 1.23. The topological polar surface area (TPSA) is 134 Å². The molecule has 1 heterocycles. The molecule has 142 valence electrons. The lowest BCUT2D eigenvalue weighted by Gasteiger charge is -2.10. The summed E-state index contributed by atoms with van der Waals surface area (Å²) in [4.78, 5) is 42.7. The number of nitro benzene ring substituents is 1. The SMILES string of the molecule is COc1ccc([N+](=O)[O-])cc1NC(=O)COC(=O)c1ccc2nccnc2c1. The van der Waals surface area contributed by atoms with Crippen LogP contribution in [0.25, 0.3) is 11.0 Å². The number of benzene rings is 2. The standard InChI is InChI=1S/C18H14N4O6/c1-27-16-5-3-12(22(25)26)9-15(16)21-17(23)10-28-18(24)11-2-4-13-14(8-11)20-7-6-19-13/h2-9H,10H2,1H3,(H,21,23). The fourth-order valence-electron chi connectivity index (χ4n) is 2.40. The Balaban J connectivity index is 1.65. The highest BCUT2D eigenvalue weighted by Crippen LogP contribution is 2.28. The van der Waals surface area contributed by atoms with Crippen molar-refractivity contribution in [1.29, 1.82) is 0 Å². The lowest BCUT2D eigenvalue weighted by atomic mass is 10.2. The summed E-state index contributed by atoms with van der Waals surface area (Å²) in [5.74, 6) is -1.15. The van der Waals surface area contributed by atoms with Gasteiger partial charge in [0.05, 0.1) is 34.3 Å². The first-order valence-corrected chi connectivity index (χ1v) is 7.98. The van der Waals surface area contributed by atoms with Crippen LogP contribution in [-0.2, 0) is 9.53 Å². The first-order chi connectivity index (χ1) is 13.5. The molecule has 0 aliphatic heterocycles. The molecular weight excluding hydrogens is 368 g/mol. The predicted molar refractivity (Wildman–Crippen MR) is 98.1 cm³/mol. The Morgan fingerprint density at radius 1 is 1.11 bits per heavy atom. The van der Waals surface area contributed by atoms with Crippen LogP contribution >= 0.6 is 0 Å². The van der Waals surface area contributed by atoms with Crippen LogP contribution < -0.4 is 10.1 Å². The van der Waals surface area contributed by atoms with Gasteiger partial charge in [0.25, 0.3) is 11.6 Å². The molecule has 28 heavy (non-hydrogen) atoms. The van der Waals surface area contributed by atoms with Crippen molar-refractivity contribution in [2.45, 2.75) is 0 Å². The van der Waals surface area contributed by atoms with E-state index in [1.807, 2.05) is 0 Å². The largest absolute Gasteiger partial charge is 0.495 e. The van der Waals surface area contributed by atoms with Crippen molar-refractivity contribution < 1.29 is 24.0 Å². The number of anilines is 1. The van der Waals surface area contributed by atoms with E-state index in [-0.39, 0.29) is 22.7 Å². The number of fused-ring (bicyclic) bond motifs is 1. The van der Waals surface area contributed by atoms with Gasteiger partial charge >= 0.3 is 5.97 Å². The number of nitro groups is 1. The number of nitrogens with one attached hydrogen (secondary N) is 1. The van der Waals surface area contributed by atoms with E-state index in [1.54, 1.807) is 6.07 Å². The van der Waals surface area contributed by atoms with E-state index in [4.69, 9.17) is 9.47 Å². The van der Waals surface area contributed by atoms with Crippen LogP contribution in [0.3, 0.4) is 0 Å². The lowest BCUT2D eigenvalue weighted by Crippen LogP contribution is -2.21. The van der Waals surface area contributed by atoms with Gasteiger partial charge < -0.3 is 14.8 Å². The zero-order chi connectivity index (χ0) is 20.1. The molecule has 10 heteroatoms. The molecule has 10 nitrogen and oxygen atoms in total. The number of nitrogens with zero attached hydrogens (tertiary/aromatic N) is 3. The van der Waals surface area contributed by atoms with Gasteiger partial charge in [0.2, 0.25) is 0 Å². The van der Waals surface area contributed by atoms with Crippen LogP contribution in [0.5, 0.6) is 5.75 Å². The average Bonchev–Trinajstić information content (AvgIpc) is 2.71. The third-order valence-corrected chi connectivity index (χ3v) is 3.71. The highest BCUT2D eigenvalue weighted by atomic mass is 16.6. The van der Waals surface area contributed by atoms with Gasteiger partial charge in [0.1, 0.15) is 5.75 Å². The molecule has 0 aliphatic carbocycles. The molecule has 0 bridgehead atoms. The van der Waals surface area contributed by atoms with E-state index in [1.165, 1.54) is 43.8 Å². The molecule has 0 saturated heterocycles. The van der Waals surface area contributed by atoms with Gasteiger partial charge in [-0.05, 0) is 24.3 Å². The summed E-state index contributed by atoms with van der Waals surface area (Å²) in [5, 5.41) is 13.3. The Bertz CT molecular complexity index is 1070. The van der Waals surface area contributed by atoms with Gasteiger partial charge in [-0.1, -0.05) is 0 Å². The Morgan fingerprint density at radius 2 is 1.86 bits per heavy atom. The second-order valence-corrected chi connectivity index (χ2v) is 5.53. The van der Waals surface area contributed by atoms with Crippen LogP contribution in [0.15, 0.2) is 48.8 Å². The number of non-ortho nitro benzene ring substituents is 1. The zero-order valence-electron chi connectivity index (χ0n) is 14.6. The Morgan fingerprint density at radius 3 is 2.57 bits per heavy atom. The number of hydrogen-bond acceptors (Lipinski definition) is 8. The highest BCUT2D eigenvalue weighted by molar-refractivity contribution is 5.97. The van der Waals surface area contributed by atoms with Crippen molar-refractivity contribution in [3.8, 4) is 5.75 Å². The van der Waals surface area contributed by atoms with E-state index in [2.05, 4.69) is 15.3 Å². The highest BCUT2D eigenvalue weighted by Gasteiger charge is 2.16. The minimum atomic E-state index is -0.714. The summed E-state index contributed by atoms with van der Waals surface area (Å²) in [6, 6.07) is 8.40. The molecule has 1 aromatic heterocycles. The van der Waals surface area contributed by atoms with E-state index in [9.17, 15) is 19.7 Å². The van der Waals surface area contributed by atoms with E-state index >= 15 is 0 Å². The average molecular weight is 382 g/mol. The molecule has 0 fully saturated rings. The van der Waals surface area contributed by atoms with Crippen molar-refractivity contribution >= 4 is 34.3 Å². The molecule has 0 saturated carbocycles. The number of methoxy groups -OCH3 is 1. The van der Waals surface area contributed by atoms with Gasteiger partial charge in [-0.2, -0.15) is 0 Å². The first kappa shape index (κ1) is 18.7. The van der Waals surface area contributed by atoms with Crippen LogP contribution in [0, 0.1) is 10.1 Å². The maximum absolute atomic E-state index is 12.1. The quantitative estimate of drug-likeness (QED) is 0.390. The van der Waals surface area contributed by atoms with Gasteiger partial charge in [-0.15, -0.1) is 0 Å². The number of hydrogen-bond donors (Lipinski definition) is 1. The number of carbonyl (C=O) groups excluding carboxylic acids is 2. The van der Waals surface area contributed by atoms with E-state index < -0.39 is 23.4 Å². The molecule has 0 radical (unpaired) electrons. The minimum Gasteiger partial charge on any atom is -0.495 e. The second kappa shape index (κ2) is 8.08. The van der Waals surface area contributed by atoms with Crippen molar-refractivity contribution in [3.63, 3.8) is 0 Å². The maximum atomic E-state index is 12.1. The molecule has 1 amide bonds. The summed E-state index contributed by atoms with van der Waals surface area (Å²) in [7, 11) is 1.36. The lowest BCUT2D eigenvalue weighted by molar-refractivity contribution is -0.384. The monoisotopic (exact) mass is 382 g/mol. The van der Waals surface area contributed by atoms with Gasteiger partial charge in [0, 0.05) is 24.5 Å².